The topological polar surface area (TPSA) is 20.2 Å². The normalized spacial score (nSPS) is 60.8. The van der Waals surface area contributed by atoms with Gasteiger partial charge in [0.25, 0.3) is 0 Å². The van der Waals surface area contributed by atoms with E-state index in [1.807, 2.05) is 0 Å². The summed E-state index contributed by atoms with van der Waals surface area (Å²) in [4.78, 5) is 0. The number of hydrogen-bond acceptors (Lipinski definition) is 2. The maximum absolute atomic E-state index is 11.7. The number of thioether (sulfide) groups is 1. The van der Waals surface area contributed by atoms with Gasteiger partial charge < -0.3 is 5.11 Å². The smallest absolute Gasteiger partial charge is 0.0725 e. The van der Waals surface area contributed by atoms with Gasteiger partial charge in [-0.05, 0) is 87.4 Å². The molecule has 0 aromatic carbocycles. The molecule has 0 spiro atoms. The Bertz CT molecular complexity index is 370. The van der Waals surface area contributed by atoms with Crippen molar-refractivity contribution in [3.8, 4) is 0 Å². The van der Waals surface area contributed by atoms with Gasteiger partial charge in [0.05, 0.1) is 5.60 Å². The minimum atomic E-state index is -0.288. The quantitative estimate of drug-likeness (QED) is 0.774. The van der Waals surface area contributed by atoms with E-state index in [9.17, 15) is 5.11 Å². The van der Waals surface area contributed by atoms with Gasteiger partial charge in [0.2, 0.25) is 0 Å². The van der Waals surface area contributed by atoms with E-state index in [1.54, 1.807) is 0 Å². The SMILES string of the molecule is OC1(C23CC4CC(CC(C4)C2)C3)CC2CCCC(C1)S2. The van der Waals surface area contributed by atoms with Crippen molar-refractivity contribution < 1.29 is 5.11 Å². The first-order valence-electron chi connectivity index (χ1n) is 9.02. The van der Waals surface area contributed by atoms with Crippen LogP contribution in [0.3, 0.4) is 0 Å². The van der Waals surface area contributed by atoms with Gasteiger partial charge in [-0.2, -0.15) is 11.8 Å². The number of hydrogen-bond donors (Lipinski definition) is 1. The van der Waals surface area contributed by atoms with E-state index in [1.165, 1.54) is 57.8 Å². The average Bonchev–Trinajstić information content (AvgIpc) is 2.36. The van der Waals surface area contributed by atoms with Crippen molar-refractivity contribution in [1.29, 1.82) is 0 Å². The van der Waals surface area contributed by atoms with E-state index in [-0.39, 0.29) is 5.60 Å². The first kappa shape index (κ1) is 12.8. The zero-order chi connectivity index (χ0) is 13.4. The molecule has 2 heterocycles. The molecule has 112 valence electrons. The van der Waals surface area contributed by atoms with Gasteiger partial charge in [-0.1, -0.05) is 6.42 Å². The number of fused-ring (bicyclic) bond motifs is 2. The molecule has 1 N–H and O–H groups in total. The summed E-state index contributed by atoms with van der Waals surface area (Å²) in [5.74, 6) is 2.92. The van der Waals surface area contributed by atoms with E-state index in [4.69, 9.17) is 0 Å². The van der Waals surface area contributed by atoms with Gasteiger partial charge in [-0.15, -0.1) is 0 Å². The molecule has 6 bridgehead atoms. The van der Waals surface area contributed by atoms with Crippen molar-refractivity contribution >= 4 is 11.8 Å². The van der Waals surface area contributed by atoms with Crippen LogP contribution in [0.5, 0.6) is 0 Å². The van der Waals surface area contributed by atoms with E-state index in [0.717, 1.165) is 41.1 Å². The lowest BCUT2D eigenvalue weighted by Crippen LogP contribution is -2.61. The second-order valence-electron chi connectivity index (χ2n) is 8.95. The molecular weight excluding hydrogens is 264 g/mol. The monoisotopic (exact) mass is 292 g/mol. The Kier molecular flexibility index (Phi) is 2.68. The van der Waals surface area contributed by atoms with Crippen molar-refractivity contribution in [2.45, 2.75) is 86.7 Å². The third-order valence-electron chi connectivity index (χ3n) is 7.59. The van der Waals surface area contributed by atoms with Crippen LogP contribution in [-0.4, -0.2) is 21.2 Å². The van der Waals surface area contributed by atoms with Crippen LogP contribution in [0.4, 0.5) is 0 Å². The van der Waals surface area contributed by atoms with E-state index < -0.39 is 0 Å². The highest BCUT2D eigenvalue weighted by molar-refractivity contribution is 8.00. The van der Waals surface area contributed by atoms with Crippen LogP contribution in [0.15, 0.2) is 0 Å². The van der Waals surface area contributed by atoms with Gasteiger partial charge in [0.15, 0.2) is 0 Å². The highest BCUT2D eigenvalue weighted by Gasteiger charge is 2.61. The Hall–Kier alpha value is 0.310. The number of rotatable bonds is 1. The molecule has 2 saturated heterocycles. The molecule has 4 aliphatic carbocycles. The summed E-state index contributed by atoms with van der Waals surface area (Å²) >= 11 is 2.22. The first-order valence-corrected chi connectivity index (χ1v) is 9.96. The Morgan fingerprint density at radius 1 is 0.750 bits per heavy atom. The standard InChI is InChI=1S/C18H28OS/c19-18(10-15-2-1-3-16(11-18)20-15)17-7-12-4-13(8-17)6-14(5-12)9-17/h12-16,19H,1-11H2. The molecule has 6 fully saturated rings. The fourth-order valence-corrected chi connectivity index (χ4v) is 9.13. The van der Waals surface area contributed by atoms with Crippen LogP contribution in [-0.2, 0) is 0 Å². The molecule has 20 heavy (non-hydrogen) atoms. The van der Waals surface area contributed by atoms with Crippen molar-refractivity contribution in [3.63, 3.8) is 0 Å². The highest BCUT2D eigenvalue weighted by atomic mass is 32.2. The second-order valence-corrected chi connectivity index (χ2v) is 10.6. The lowest BCUT2D eigenvalue weighted by atomic mass is 9.44. The number of aliphatic hydroxyl groups is 1. The van der Waals surface area contributed by atoms with E-state index >= 15 is 0 Å². The molecule has 2 atom stereocenters. The Morgan fingerprint density at radius 2 is 1.25 bits per heavy atom. The summed E-state index contributed by atoms with van der Waals surface area (Å²) in [5.41, 5.74) is 0.0561. The largest absolute Gasteiger partial charge is 0.389 e. The predicted molar refractivity (Wildman–Crippen MR) is 83.8 cm³/mol. The molecule has 0 radical (unpaired) electrons. The summed E-state index contributed by atoms with van der Waals surface area (Å²) in [6, 6.07) is 0. The van der Waals surface area contributed by atoms with Crippen molar-refractivity contribution in [2.75, 3.05) is 0 Å². The van der Waals surface area contributed by atoms with Crippen LogP contribution >= 0.6 is 11.8 Å². The molecule has 2 aliphatic heterocycles. The molecule has 2 heteroatoms. The van der Waals surface area contributed by atoms with Crippen molar-refractivity contribution in [1.82, 2.24) is 0 Å². The second kappa shape index (κ2) is 4.19. The molecule has 6 rings (SSSR count). The van der Waals surface area contributed by atoms with Crippen LogP contribution < -0.4 is 0 Å². The summed E-state index contributed by atoms with van der Waals surface area (Å²) < 4.78 is 0. The predicted octanol–water partition coefficient (Wildman–Crippen LogP) is 4.38. The highest BCUT2D eigenvalue weighted by Crippen LogP contribution is 2.67. The van der Waals surface area contributed by atoms with Crippen molar-refractivity contribution in [2.24, 2.45) is 23.2 Å². The van der Waals surface area contributed by atoms with E-state index in [0.29, 0.717) is 5.41 Å². The van der Waals surface area contributed by atoms with E-state index in [2.05, 4.69) is 11.8 Å². The lowest BCUT2D eigenvalue weighted by molar-refractivity contribution is -0.188. The van der Waals surface area contributed by atoms with Gasteiger partial charge in [-0.25, -0.2) is 0 Å². The molecule has 0 aromatic heterocycles. The van der Waals surface area contributed by atoms with Crippen molar-refractivity contribution in [3.05, 3.63) is 0 Å². The molecule has 4 saturated carbocycles. The maximum atomic E-state index is 11.7. The fourth-order valence-electron chi connectivity index (χ4n) is 7.23. The molecular formula is C18H28OS. The van der Waals surface area contributed by atoms with Crippen LogP contribution in [0.1, 0.15) is 70.6 Å². The third-order valence-corrected chi connectivity index (χ3v) is 9.17. The van der Waals surface area contributed by atoms with Gasteiger partial charge in [0, 0.05) is 10.5 Å². The van der Waals surface area contributed by atoms with Gasteiger partial charge in [0.1, 0.15) is 0 Å². The van der Waals surface area contributed by atoms with Crippen LogP contribution in [0.25, 0.3) is 0 Å². The van der Waals surface area contributed by atoms with Crippen LogP contribution in [0, 0.1) is 23.2 Å². The summed E-state index contributed by atoms with van der Waals surface area (Å²) in [7, 11) is 0. The summed E-state index contributed by atoms with van der Waals surface area (Å²) in [5, 5.41) is 13.3. The zero-order valence-corrected chi connectivity index (χ0v) is 13.3. The zero-order valence-electron chi connectivity index (χ0n) is 12.5. The maximum Gasteiger partial charge on any atom is 0.0725 e. The Balaban J connectivity index is 1.49. The molecule has 1 nitrogen and oxygen atoms in total. The Labute approximate surface area is 127 Å². The Morgan fingerprint density at radius 3 is 1.75 bits per heavy atom. The minimum absolute atomic E-state index is 0.288. The summed E-state index contributed by atoms with van der Waals surface area (Å²) in [6.45, 7) is 0. The lowest BCUT2D eigenvalue weighted by Gasteiger charge is -2.64. The van der Waals surface area contributed by atoms with Crippen LogP contribution in [0.2, 0.25) is 0 Å². The summed E-state index contributed by atoms with van der Waals surface area (Å²) in [6.07, 6.45) is 15.0. The van der Waals surface area contributed by atoms with Gasteiger partial charge >= 0.3 is 0 Å². The molecule has 0 aromatic rings. The fraction of sp³-hybridized carbons (Fsp3) is 1.00. The molecule has 0 amide bonds. The minimum Gasteiger partial charge on any atom is -0.389 e. The third kappa shape index (κ3) is 1.73. The molecule has 2 unspecified atom stereocenters. The molecule has 6 aliphatic rings. The first-order chi connectivity index (χ1) is 9.64. The van der Waals surface area contributed by atoms with Gasteiger partial charge in [-0.3, -0.25) is 0 Å². The average molecular weight is 292 g/mol.